The summed E-state index contributed by atoms with van der Waals surface area (Å²) < 4.78 is 32.6. The van der Waals surface area contributed by atoms with E-state index in [4.69, 9.17) is 16.3 Å². The highest BCUT2D eigenvalue weighted by molar-refractivity contribution is 7.98. The van der Waals surface area contributed by atoms with Crippen LogP contribution in [0.4, 0.5) is 0 Å². The SMILES string of the molecule is CSCCC(NC(=O)COc1cccc(CCNS(=O)(=O)c2ccc(Cl)cc2)c1)C(=O)O. The zero-order valence-electron chi connectivity index (χ0n) is 17.4. The van der Waals surface area contributed by atoms with E-state index in [1.807, 2.05) is 12.3 Å². The lowest BCUT2D eigenvalue weighted by atomic mass is 10.1. The minimum absolute atomic E-state index is 0.127. The van der Waals surface area contributed by atoms with Crippen molar-refractivity contribution in [2.24, 2.45) is 0 Å². The number of hydrogen-bond donors (Lipinski definition) is 3. The minimum atomic E-state index is -3.65. The van der Waals surface area contributed by atoms with Crippen LogP contribution in [0.1, 0.15) is 12.0 Å². The number of ether oxygens (including phenoxy) is 1. The van der Waals surface area contributed by atoms with E-state index in [0.717, 1.165) is 5.56 Å². The summed E-state index contributed by atoms with van der Waals surface area (Å²) >= 11 is 7.29. The summed E-state index contributed by atoms with van der Waals surface area (Å²) in [6.45, 7) is -0.152. The molecule has 11 heteroatoms. The number of nitrogens with one attached hydrogen (secondary N) is 2. The Morgan fingerprint density at radius 1 is 1.19 bits per heavy atom. The lowest BCUT2D eigenvalue weighted by Gasteiger charge is -2.14. The highest BCUT2D eigenvalue weighted by Gasteiger charge is 2.19. The molecule has 0 heterocycles. The molecule has 8 nitrogen and oxygen atoms in total. The second kappa shape index (κ2) is 12.7. The average Bonchev–Trinajstić information content (AvgIpc) is 2.75. The quantitative estimate of drug-likeness (QED) is 0.386. The molecule has 0 aromatic heterocycles. The van der Waals surface area contributed by atoms with E-state index in [2.05, 4.69) is 10.0 Å². The molecule has 0 radical (unpaired) electrons. The molecule has 0 aliphatic rings. The fourth-order valence-electron chi connectivity index (χ4n) is 2.70. The first-order chi connectivity index (χ1) is 15.2. The predicted octanol–water partition coefficient (Wildman–Crippen LogP) is 2.56. The van der Waals surface area contributed by atoms with Gasteiger partial charge in [-0.25, -0.2) is 17.9 Å². The number of amides is 1. The van der Waals surface area contributed by atoms with Gasteiger partial charge in [0, 0.05) is 11.6 Å². The second-order valence-electron chi connectivity index (χ2n) is 6.78. The van der Waals surface area contributed by atoms with Gasteiger partial charge in [-0.2, -0.15) is 11.8 Å². The highest BCUT2D eigenvalue weighted by atomic mass is 35.5. The Morgan fingerprint density at radius 2 is 1.91 bits per heavy atom. The van der Waals surface area contributed by atoms with E-state index in [0.29, 0.717) is 29.4 Å². The zero-order chi connectivity index (χ0) is 23.6. The van der Waals surface area contributed by atoms with E-state index in [-0.39, 0.29) is 18.0 Å². The minimum Gasteiger partial charge on any atom is -0.484 e. The van der Waals surface area contributed by atoms with Crippen molar-refractivity contribution in [2.75, 3.05) is 25.2 Å². The fourth-order valence-corrected chi connectivity index (χ4v) is 4.32. The number of carbonyl (C=O) groups excluding carboxylic acids is 1. The van der Waals surface area contributed by atoms with Crippen LogP contribution >= 0.6 is 23.4 Å². The summed E-state index contributed by atoms with van der Waals surface area (Å²) in [5, 5.41) is 12.1. The predicted molar refractivity (Wildman–Crippen MR) is 125 cm³/mol. The molecule has 0 aliphatic carbocycles. The van der Waals surface area contributed by atoms with Crippen LogP contribution in [0.25, 0.3) is 0 Å². The lowest BCUT2D eigenvalue weighted by Crippen LogP contribution is -2.43. The molecule has 3 N–H and O–H groups in total. The number of sulfonamides is 1. The van der Waals surface area contributed by atoms with Gasteiger partial charge in [0.25, 0.3) is 5.91 Å². The van der Waals surface area contributed by atoms with E-state index >= 15 is 0 Å². The van der Waals surface area contributed by atoms with Crippen molar-refractivity contribution in [3.63, 3.8) is 0 Å². The molecule has 0 spiro atoms. The summed E-state index contributed by atoms with van der Waals surface area (Å²) in [6.07, 6.45) is 2.59. The number of benzene rings is 2. The standard InChI is InChI=1S/C21H25ClN2O6S2/c1-31-12-10-19(21(26)27)24-20(25)14-30-17-4-2-3-15(13-17)9-11-23-32(28,29)18-7-5-16(22)6-8-18/h2-8,13,19,23H,9-12,14H2,1H3,(H,24,25)(H,26,27). The molecule has 2 aromatic rings. The third-order valence-electron chi connectivity index (χ3n) is 4.34. The van der Waals surface area contributed by atoms with Gasteiger partial charge in [0.1, 0.15) is 11.8 Å². The Bertz CT molecular complexity index is 1020. The van der Waals surface area contributed by atoms with Crippen LogP contribution in [-0.2, 0) is 26.0 Å². The monoisotopic (exact) mass is 500 g/mol. The first-order valence-corrected chi connectivity index (χ1v) is 12.9. The maximum absolute atomic E-state index is 12.3. The second-order valence-corrected chi connectivity index (χ2v) is 9.97. The maximum atomic E-state index is 12.3. The van der Waals surface area contributed by atoms with Crippen LogP contribution in [0.5, 0.6) is 5.75 Å². The Kier molecular flexibility index (Phi) is 10.3. The number of halogens is 1. The van der Waals surface area contributed by atoms with Crippen molar-refractivity contribution in [1.29, 1.82) is 0 Å². The number of hydrogen-bond acceptors (Lipinski definition) is 6. The smallest absolute Gasteiger partial charge is 0.326 e. The molecular formula is C21H25ClN2O6S2. The third-order valence-corrected chi connectivity index (χ3v) is 6.71. The summed E-state index contributed by atoms with van der Waals surface area (Å²) in [5.74, 6) is -0.577. The third kappa shape index (κ3) is 8.70. The summed E-state index contributed by atoms with van der Waals surface area (Å²) in [5.41, 5.74) is 0.810. The molecule has 2 aromatic carbocycles. The van der Waals surface area contributed by atoms with Crippen LogP contribution in [0.3, 0.4) is 0 Å². The van der Waals surface area contributed by atoms with Crippen molar-refractivity contribution in [3.05, 3.63) is 59.1 Å². The first-order valence-electron chi connectivity index (χ1n) is 9.69. The van der Waals surface area contributed by atoms with Crippen molar-refractivity contribution in [2.45, 2.75) is 23.8 Å². The van der Waals surface area contributed by atoms with Crippen molar-refractivity contribution in [3.8, 4) is 5.75 Å². The Labute approximate surface area is 196 Å². The normalized spacial score (nSPS) is 12.2. The molecule has 174 valence electrons. The van der Waals surface area contributed by atoms with E-state index < -0.39 is 27.9 Å². The van der Waals surface area contributed by atoms with Gasteiger partial charge in [-0.05, 0) is 66.8 Å². The fraction of sp³-hybridized carbons (Fsp3) is 0.333. The number of aliphatic carboxylic acids is 1. The molecule has 0 fully saturated rings. The Balaban J connectivity index is 1.84. The molecule has 0 aliphatic heterocycles. The van der Waals surface area contributed by atoms with Gasteiger partial charge in [0.05, 0.1) is 4.90 Å². The molecule has 0 saturated carbocycles. The van der Waals surface area contributed by atoms with Crippen LogP contribution in [-0.4, -0.2) is 56.6 Å². The molecule has 1 atom stereocenters. The van der Waals surface area contributed by atoms with Crippen molar-refractivity contribution in [1.82, 2.24) is 10.0 Å². The van der Waals surface area contributed by atoms with Crippen LogP contribution in [0.15, 0.2) is 53.4 Å². The molecule has 0 bridgehead atoms. The first kappa shape index (κ1) is 26.0. The van der Waals surface area contributed by atoms with Crippen molar-refractivity contribution < 1.29 is 27.9 Å². The van der Waals surface area contributed by atoms with Gasteiger partial charge in [-0.1, -0.05) is 23.7 Å². The summed E-state index contributed by atoms with van der Waals surface area (Å²) in [4.78, 5) is 23.4. The van der Waals surface area contributed by atoms with Crippen LogP contribution in [0, 0.1) is 0 Å². The van der Waals surface area contributed by atoms with E-state index in [1.54, 1.807) is 18.2 Å². The lowest BCUT2D eigenvalue weighted by molar-refractivity contribution is -0.142. The maximum Gasteiger partial charge on any atom is 0.326 e. The Morgan fingerprint density at radius 3 is 2.56 bits per heavy atom. The number of carbonyl (C=O) groups is 2. The number of rotatable bonds is 13. The summed E-state index contributed by atoms with van der Waals surface area (Å²) in [7, 11) is -3.65. The molecule has 2 rings (SSSR count). The molecule has 1 unspecified atom stereocenters. The van der Waals surface area contributed by atoms with Gasteiger partial charge in [-0.15, -0.1) is 0 Å². The summed E-state index contributed by atoms with van der Waals surface area (Å²) in [6, 6.07) is 11.8. The number of thioether (sulfide) groups is 1. The van der Waals surface area contributed by atoms with Crippen LogP contribution < -0.4 is 14.8 Å². The van der Waals surface area contributed by atoms with Gasteiger partial charge >= 0.3 is 5.97 Å². The number of carboxylic acid groups (broad SMARTS) is 1. The molecule has 32 heavy (non-hydrogen) atoms. The van der Waals surface area contributed by atoms with Gasteiger partial charge in [-0.3, -0.25) is 4.79 Å². The van der Waals surface area contributed by atoms with E-state index in [1.165, 1.54) is 36.0 Å². The topological polar surface area (TPSA) is 122 Å². The Hall–Kier alpha value is -2.27. The van der Waals surface area contributed by atoms with Gasteiger partial charge in [0.2, 0.25) is 10.0 Å². The number of carboxylic acids is 1. The molecule has 1 amide bonds. The molecular weight excluding hydrogens is 476 g/mol. The highest BCUT2D eigenvalue weighted by Crippen LogP contribution is 2.15. The van der Waals surface area contributed by atoms with Crippen molar-refractivity contribution >= 4 is 45.3 Å². The van der Waals surface area contributed by atoms with Gasteiger partial charge in [0.15, 0.2) is 6.61 Å². The van der Waals surface area contributed by atoms with Gasteiger partial charge < -0.3 is 15.2 Å². The molecule has 0 saturated heterocycles. The average molecular weight is 501 g/mol. The largest absolute Gasteiger partial charge is 0.484 e. The zero-order valence-corrected chi connectivity index (χ0v) is 19.8. The van der Waals surface area contributed by atoms with E-state index in [9.17, 15) is 23.1 Å². The van der Waals surface area contributed by atoms with Crippen LogP contribution in [0.2, 0.25) is 5.02 Å².